The molecule has 0 aliphatic heterocycles. The summed E-state index contributed by atoms with van der Waals surface area (Å²) in [5.74, 6) is 0.832. The zero-order valence-electron chi connectivity index (χ0n) is 38.8. The molecule has 0 amide bonds. The van der Waals surface area contributed by atoms with Crippen LogP contribution >= 0.6 is 0 Å². The number of unbranched alkanes of at least 4 members (excludes halogenated alkanes) is 1. The number of fused-ring (bicyclic) bond motifs is 2. The molecule has 0 aromatic heterocycles. The first kappa shape index (κ1) is 45.7. The Balaban J connectivity index is 1.12. The van der Waals surface area contributed by atoms with Gasteiger partial charge in [0, 0.05) is 39.2 Å². The molecule has 0 aliphatic rings. The third kappa shape index (κ3) is 10.5. The summed E-state index contributed by atoms with van der Waals surface area (Å²) in [6, 6.07) is 68.9. The van der Waals surface area contributed by atoms with Gasteiger partial charge < -0.3 is 23.1 Å². The van der Waals surface area contributed by atoms with E-state index in [1.807, 2.05) is 6.92 Å². The monoisotopic (exact) mass is 906 g/mol. The van der Waals surface area contributed by atoms with E-state index in [1.54, 1.807) is 0 Å². The fraction of sp³-hybridized carbons (Fsp3) is 0.228. The van der Waals surface area contributed by atoms with Crippen LogP contribution in [0.15, 0.2) is 188 Å². The Morgan fingerprint density at radius 3 is 1.43 bits per heavy atom. The standard InChI is InChI=1S/C57H62N2O3Si3/c1-7-10-30-57(65(9-3,43-63(60)8-2)62-64(4,5)6)61-52-41-39-51(40-42-52)59(56-29-19-23-47-21-15-17-27-54(47)56)50-37-33-45(34-38-50)44-31-35-49(36-32-44)58(48-24-12-11-13-25-48)55-28-18-22-46-20-14-16-26-53(46)55/h11-29,31-42,57H,7-10,30,43H2,1-6H3. The maximum Gasteiger partial charge on any atom is 0.275 e. The van der Waals surface area contributed by atoms with Crippen LogP contribution in [0.25, 0.3) is 32.7 Å². The van der Waals surface area contributed by atoms with Crippen molar-refractivity contribution in [3.8, 4) is 16.9 Å². The minimum Gasteiger partial charge on any atom is -0.491 e. The van der Waals surface area contributed by atoms with Crippen LogP contribution in [0.4, 0.5) is 34.1 Å². The Labute approximate surface area is 390 Å². The molecule has 0 saturated heterocycles. The average Bonchev–Trinajstić information content (AvgIpc) is 3.33. The summed E-state index contributed by atoms with van der Waals surface area (Å²) in [6.07, 6.45) is 3.03. The van der Waals surface area contributed by atoms with Crippen molar-refractivity contribution in [1.29, 1.82) is 0 Å². The van der Waals surface area contributed by atoms with Crippen molar-refractivity contribution in [3.63, 3.8) is 0 Å². The van der Waals surface area contributed by atoms with Crippen molar-refractivity contribution >= 4 is 81.0 Å². The Bertz CT molecular complexity index is 2820. The highest BCUT2D eigenvalue weighted by Crippen LogP contribution is 2.42. The maximum atomic E-state index is 13.4. The van der Waals surface area contributed by atoms with E-state index in [-0.39, 0.29) is 5.73 Å². The summed E-state index contributed by atoms with van der Waals surface area (Å²) in [5, 5.41) is 4.79. The van der Waals surface area contributed by atoms with Crippen LogP contribution in [0.2, 0.25) is 37.4 Å². The number of rotatable bonds is 19. The first-order valence-electron chi connectivity index (χ1n) is 23.4. The minimum atomic E-state index is -2.53. The Morgan fingerprint density at radius 2 is 0.969 bits per heavy atom. The van der Waals surface area contributed by atoms with E-state index in [0.717, 1.165) is 76.3 Å². The van der Waals surface area contributed by atoms with E-state index in [0.29, 0.717) is 11.7 Å². The van der Waals surface area contributed by atoms with Crippen molar-refractivity contribution < 1.29 is 13.3 Å². The molecule has 0 fully saturated rings. The summed E-state index contributed by atoms with van der Waals surface area (Å²) in [7, 11) is -6.24. The van der Waals surface area contributed by atoms with Crippen molar-refractivity contribution in [1.82, 2.24) is 0 Å². The highest BCUT2D eigenvalue weighted by Gasteiger charge is 2.47. The Hall–Kier alpha value is -5.91. The highest BCUT2D eigenvalue weighted by atomic mass is 28.4. The molecule has 0 spiro atoms. The van der Waals surface area contributed by atoms with Gasteiger partial charge in [-0.2, -0.15) is 0 Å². The molecule has 330 valence electrons. The summed E-state index contributed by atoms with van der Waals surface area (Å²) in [5.41, 5.74) is 9.48. The molecule has 65 heavy (non-hydrogen) atoms. The van der Waals surface area contributed by atoms with Gasteiger partial charge in [0.25, 0.3) is 8.68 Å². The van der Waals surface area contributed by atoms with Crippen LogP contribution in [0.3, 0.4) is 0 Å². The van der Waals surface area contributed by atoms with Gasteiger partial charge in [0.05, 0.1) is 11.4 Å². The van der Waals surface area contributed by atoms with E-state index in [1.165, 1.54) is 21.5 Å². The fourth-order valence-electron chi connectivity index (χ4n) is 9.21. The molecule has 5 nitrogen and oxygen atoms in total. The Morgan fingerprint density at radius 1 is 0.523 bits per heavy atom. The van der Waals surface area contributed by atoms with Gasteiger partial charge in [-0.3, -0.25) is 0 Å². The lowest BCUT2D eigenvalue weighted by Gasteiger charge is -2.42. The van der Waals surface area contributed by atoms with Gasteiger partial charge >= 0.3 is 0 Å². The third-order valence-corrected chi connectivity index (χ3v) is 24.0. The van der Waals surface area contributed by atoms with Crippen LogP contribution < -0.4 is 14.5 Å². The van der Waals surface area contributed by atoms with E-state index in [4.69, 9.17) is 8.85 Å². The second-order valence-electron chi connectivity index (χ2n) is 18.0. The summed E-state index contributed by atoms with van der Waals surface area (Å²) >= 11 is 0. The van der Waals surface area contributed by atoms with Crippen LogP contribution in [0.1, 0.15) is 40.0 Å². The maximum absolute atomic E-state index is 13.4. The Kier molecular flexibility index (Phi) is 14.4. The molecule has 2 atom stereocenters. The highest BCUT2D eigenvalue weighted by molar-refractivity contribution is 6.90. The SMILES string of the molecule is CCCCC(Oc1ccc(N(c2ccc(-c3ccc(N(c4ccccc4)c4cccc5ccccc45)cc3)cc2)c2cccc3ccccc23)cc1)[Si](CC)(C[Si](=O)CC)O[Si](C)(C)C. The van der Waals surface area contributed by atoms with Crippen LogP contribution in [-0.2, 0) is 8.58 Å². The van der Waals surface area contributed by atoms with Gasteiger partial charge in [-0.25, -0.2) is 0 Å². The van der Waals surface area contributed by atoms with Gasteiger partial charge in [-0.1, -0.05) is 149 Å². The molecule has 8 aromatic rings. The molecule has 0 aliphatic carbocycles. The van der Waals surface area contributed by atoms with Crippen LogP contribution in [0.5, 0.6) is 5.75 Å². The normalized spacial score (nSPS) is 13.0. The molecule has 0 radical (unpaired) electrons. The molecule has 2 unspecified atom stereocenters. The smallest absolute Gasteiger partial charge is 0.275 e. The van der Waals surface area contributed by atoms with E-state index >= 15 is 0 Å². The fourth-order valence-corrected chi connectivity index (χ4v) is 23.2. The molecule has 8 heteroatoms. The number of hydrogen-bond acceptors (Lipinski definition) is 5. The number of nitrogens with zero attached hydrogens (tertiary/aromatic N) is 2. The van der Waals surface area contributed by atoms with Crippen molar-refractivity contribution in [3.05, 3.63) is 188 Å². The number of para-hydroxylation sites is 1. The summed E-state index contributed by atoms with van der Waals surface area (Å²) in [6.45, 7) is 13.3. The second-order valence-corrected chi connectivity index (χ2v) is 29.8. The van der Waals surface area contributed by atoms with Crippen molar-refractivity contribution in [2.24, 2.45) is 0 Å². The summed E-state index contributed by atoms with van der Waals surface area (Å²) < 4.78 is 27.6. The molecule has 0 saturated carbocycles. The molecule has 0 bridgehead atoms. The summed E-state index contributed by atoms with van der Waals surface area (Å²) in [4.78, 5) is 4.69. The topological polar surface area (TPSA) is 42.0 Å². The quantitative estimate of drug-likeness (QED) is 0.0756. The number of ether oxygens (including phenoxy) is 1. The third-order valence-electron chi connectivity index (χ3n) is 12.4. The lowest BCUT2D eigenvalue weighted by Crippen LogP contribution is -2.58. The lowest BCUT2D eigenvalue weighted by atomic mass is 10.0. The van der Waals surface area contributed by atoms with Gasteiger partial charge in [-0.05, 0) is 133 Å². The minimum absolute atomic E-state index is 0.0686. The van der Waals surface area contributed by atoms with Crippen LogP contribution in [0, 0.1) is 0 Å². The molecular weight excluding hydrogens is 845 g/mol. The van der Waals surface area contributed by atoms with E-state index in [2.05, 4.69) is 231 Å². The largest absolute Gasteiger partial charge is 0.491 e. The zero-order valence-corrected chi connectivity index (χ0v) is 41.8. The van der Waals surface area contributed by atoms with Crippen molar-refractivity contribution in [2.45, 2.75) is 83.2 Å². The van der Waals surface area contributed by atoms with Crippen LogP contribution in [-0.4, -0.2) is 31.0 Å². The zero-order chi connectivity index (χ0) is 45.4. The molecule has 0 N–H and O–H groups in total. The van der Waals surface area contributed by atoms with Gasteiger partial charge in [0.2, 0.25) is 8.32 Å². The predicted octanol–water partition coefficient (Wildman–Crippen LogP) is 16.9. The first-order valence-corrected chi connectivity index (χ1v) is 31.0. The van der Waals surface area contributed by atoms with Crippen molar-refractivity contribution in [2.75, 3.05) is 9.80 Å². The second kappa shape index (κ2) is 20.5. The predicted molar refractivity (Wildman–Crippen MR) is 283 cm³/mol. The molecule has 8 rings (SSSR count). The van der Waals surface area contributed by atoms with E-state index < -0.39 is 25.3 Å². The van der Waals surface area contributed by atoms with Gasteiger partial charge in [-0.15, -0.1) is 0 Å². The number of hydrogen-bond donors (Lipinski definition) is 0. The molecule has 0 heterocycles. The van der Waals surface area contributed by atoms with Gasteiger partial charge in [0.15, 0.2) is 8.32 Å². The lowest BCUT2D eigenvalue weighted by molar-refractivity contribution is 0.231. The number of anilines is 6. The number of benzene rings is 8. The van der Waals surface area contributed by atoms with E-state index in [9.17, 15) is 4.46 Å². The first-order chi connectivity index (χ1) is 31.6. The average molecular weight is 907 g/mol. The molecule has 8 aromatic carbocycles. The molecular formula is C57H62N2O3Si3. The van der Waals surface area contributed by atoms with Gasteiger partial charge in [0.1, 0.15) is 11.5 Å².